The lowest BCUT2D eigenvalue weighted by molar-refractivity contribution is -0.129. The van der Waals surface area contributed by atoms with Crippen LogP contribution in [0.25, 0.3) is 0 Å². The summed E-state index contributed by atoms with van der Waals surface area (Å²) in [6.07, 6.45) is 7.23. The van der Waals surface area contributed by atoms with E-state index in [9.17, 15) is 4.79 Å². The first-order chi connectivity index (χ1) is 10.6. The minimum atomic E-state index is -0.0889. The maximum atomic E-state index is 12.0. The Labute approximate surface area is 135 Å². The third-order valence-electron chi connectivity index (χ3n) is 4.59. The summed E-state index contributed by atoms with van der Waals surface area (Å²) in [6, 6.07) is 0.456. The average Bonchev–Trinajstić information content (AvgIpc) is 3.27. The molecular formula is C15H24N4O2S. The molecule has 2 atom stereocenters. The van der Waals surface area contributed by atoms with Crippen LogP contribution in [0.5, 0.6) is 0 Å². The maximum Gasteiger partial charge on any atom is 0.246 e. The summed E-state index contributed by atoms with van der Waals surface area (Å²) < 4.78 is 8.42. The molecule has 0 bridgehead atoms. The number of hydrogen-bond acceptors (Lipinski definition) is 4. The molecular weight excluding hydrogens is 300 g/mol. The molecule has 0 saturated heterocycles. The van der Waals surface area contributed by atoms with Gasteiger partial charge in [0.25, 0.3) is 0 Å². The van der Waals surface area contributed by atoms with Gasteiger partial charge in [-0.25, -0.2) is 0 Å². The van der Waals surface area contributed by atoms with Crippen LogP contribution in [-0.4, -0.2) is 33.4 Å². The Morgan fingerprint density at radius 3 is 2.91 bits per heavy atom. The Morgan fingerprint density at radius 1 is 1.41 bits per heavy atom. The van der Waals surface area contributed by atoms with E-state index in [1.165, 1.54) is 19.3 Å². The highest BCUT2D eigenvalue weighted by molar-refractivity contribution is 7.71. The van der Waals surface area contributed by atoms with Gasteiger partial charge in [0.1, 0.15) is 6.61 Å². The molecule has 122 valence electrons. The van der Waals surface area contributed by atoms with Crippen molar-refractivity contribution in [3.8, 4) is 0 Å². The zero-order valence-electron chi connectivity index (χ0n) is 13.0. The molecule has 0 aromatic carbocycles. The second kappa shape index (κ2) is 6.91. The second-order valence-electron chi connectivity index (χ2n) is 6.43. The molecule has 1 amide bonds. The number of nitrogens with one attached hydrogen (secondary N) is 2. The first-order valence-corrected chi connectivity index (χ1v) is 8.60. The van der Waals surface area contributed by atoms with Gasteiger partial charge in [-0.1, -0.05) is 19.8 Å². The van der Waals surface area contributed by atoms with Crippen molar-refractivity contribution in [2.75, 3.05) is 6.61 Å². The lowest BCUT2D eigenvalue weighted by Crippen LogP contribution is -2.33. The predicted octanol–water partition coefficient (Wildman–Crippen LogP) is 2.49. The second-order valence-corrected chi connectivity index (χ2v) is 6.82. The zero-order chi connectivity index (χ0) is 15.5. The van der Waals surface area contributed by atoms with Crippen LogP contribution in [0.1, 0.15) is 57.3 Å². The molecule has 2 N–H and O–H groups in total. The van der Waals surface area contributed by atoms with Crippen LogP contribution < -0.4 is 5.32 Å². The summed E-state index contributed by atoms with van der Waals surface area (Å²) in [5, 5.41) is 9.88. The normalized spacial score (nSPS) is 25.1. The monoisotopic (exact) mass is 324 g/mol. The summed E-state index contributed by atoms with van der Waals surface area (Å²) in [7, 11) is 0. The van der Waals surface area contributed by atoms with Gasteiger partial charge >= 0.3 is 0 Å². The van der Waals surface area contributed by atoms with E-state index in [2.05, 4.69) is 22.4 Å². The topological polar surface area (TPSA) is 71.9 Å². The van der Waals surface area contributed by atoms with Gasteiger partial charge in [0.2, 0.25) is 5.91 Å². The minimum Gasteiger partial charge on any atom is -0.368 e. The van der Waals surface area contributed by atoms with Gasteiger partial charge in [-0.2, -0.15) is 5.10 Å². The molecule has 2 fully saturated rings. The van der Waals surface area contributed by atoms with Crippen molar-refractivity contribution in [1.82, 2.24) is 20.1 Å². The number of hydrogen-bond donors (Lipinski definition) is 2. The van der Waals surface area contributed by atoms with Gasteiger partial charge in [-0.05, 0) is 43.8 Å². The fourth-order valence-electron chi connectivity index (χ4n) is 3.11. The van der Waals surface area contributed by atoms with Gasteiger partial charge in [0, 0.05) is 6.04 Å². The molecule has 3 rings (SSSR count). The smallest absolute Gasteiger partial charge is 0.246 e. The summed E-state index contributed by atoms with van der Waals surface area (Å²) in [5.74, 6) is 1.26. The zero-order valence-corrected chi connectivity index (χ0v) is 13.8. The van der Waals surface area contributed by atoms with Crippen LogP contribution >= 0.6 is 12.2 Å². The number of carbonyl (C=O) groups excluding carboxylic acids is 1. The SMILES string of the molecule is C[C@@H]1CCCC[C@H]1OCC(=O)NCc1n[nH]c(=S)n1C1CC1. The lowest BCUT2D eigenvalue weighted by Gasteiger charge is -2.28. The van der Waals surface area contributed by atoms with Gasteiger partial charge in [0.15, 0.2) is 10.6 Å². The number of aromatic amines is 1. The molecule has 1 heterocycles. The fraction of sp³-hybridized carbons (Fsp3) is 0.800. The Hall–Kier alpha value is -1.21. The number of carbonyl (C=O) groups is 1. The molecule has 2 saturated carbocycles. The van der Waals surface area contributed by atoms with E-state index in [4.69, 9.17) is 17.0 Å². The quantitative estimate of drug-likeness (QED) is 0.789. The van der Waals surface area contributed by atoms with Crippen molar-refractivity contribution in [3.05, 3.63) is 10.6 Å². The van der Waals surface area contributed by atoms with E-state index in [0.717, 1.165) is 25.1 Å². The highest BCUT2D eigenvalue weighted by Crippen LogP contribution is 2.35. The van der Waals surface area contributed by atoms with Crippen molar-refractivity contribution in [1.29, 1.82) is 0 Å². The molecule has 0 unspecified atom stereocenters. The molecule has 1 aromatic rings. The van der Waals surface area contributed by atoms with E-state index < -0.39 is 0 Å². The summed E-state index contributed by atoms with van der Waals surface area (Å²) in [6.45, 7) is 2.73. The van der Waals surface area contributed by atoms with Crippen molar-refractivity contribution >= 4 is 18.1 Å². The number of nitrogens with zero attached hydrogens (tertiary/aromatic N) is 2. The minimum absolute atomic E-state index is 0.0889. The molecule has 22 heavy (non-hydrogen) atoms. The van der Waals surface area contributed by atoms with Crippen LogP contribution in [0.15, 0.2) is 0 Å². The van der Waals surface area contributed by atoms with E-state index in [0.29, 0.717) is 23.3 Å². The first kappa shape index (κ1) is 15.7. The van der Waals surface area contributed by atoms with Crippen molar-refractivity contribution in [2.45, 2.75) is 64.1 Å². The van der Waals surface area contributed by atoms with Crippen LogP contribution in [0.2, 0.25) is 0 Å². The number of rotatable bonds is 6. The first-order valence-electron chi connectivity index (χ1n) is 8.19. The Balaban J connectivity index is 1.45. The molecule has 0 aliphatic heterocycles. The molecule has 2 aliphatic rings. The van der Waals surface area contributed by atoms with Gasteiger partial charge in [0.05, 0.1) is 12.6 Å². The largest absolute Gasteiger partial charge is 0.368 e. The number of ether oxygens (including phenoxy) is 1. The summed E-state index contributed by atoms with van der Waals surface area (Å²) >= 11 is 5.23. The van der Waals surface area contributed by atoms with Crippen LogP contribution in [0.4, 0.5) is 0 Å². The highest BCUT2D eigenvalue weighted by atomic mass is 32.1. The van der Waals surface area contributed by atoms with E-state index in [1.54, 1.807) is 0 Å². The number of amides is 1. The standard InChI is InChI=1S/C15H24N4O2S/c1-10-4-2-3-5-12(10)21-9-14(20)16-8-13-17-18-15(22)19(13)11-6-7-11/h10-12H,2-9H2,1H3,(H,16,20)(H,18,22)/t10-,12-/m1/s1. The predicted molar refractivity (Wildman–Crippen MR) is 84.9 cm³/mol. The molecule has 6 nitrogen and oxygen atoms in total. The maximum absolute atomic E-state index is 12.0. The summed E-state index contributed by atoms with van der Waals surface area (Å²) in [4.78, 5) is 12.0. The molecule has 7 heteroatoms. The summed E-state index contributed by atoms with van der Waals surface area (Å²) in [5.41, 5.74) is 0. The van der Waals surface area contributed by atoms with Crippen molar-refractivity contribution in [3.63, 3.8) is 0 Å². The van der Waals surface area contributed by atoms with Crippen molar-refractivity contribution < 1.29 is 9.53 Å². The Bertz CT molecular complexity index is 578. The average molecular weight is 324 g/mol. The Morgan fingerprint density at radius 2 is 2.18 bits per heavy atom. The molecule has 0 spiro atoms. The van der Waals surface area contributed by atoms with E-state index in [-0.39, 0.29) is 18.6 Å². The van der Waals surface area contributed by atoms with Gasteiger partial charge in [-0.15, -0.1) is 0 Å². The highest BCUT2D eigenvalue weighted by Gasteiger charge is 2.27. The van der Waals surface area contributed by atoms with Crippen molar-refractivity contribution in [2.24, 2.45) is 5.92 Å². The fourth-order valence-corrected chi connectivity index (χ4v) is 3.41. The third-order valence-corrected chi connectivity index (χ3v) is 4.88. The molecule has 1 aromatic heterocycles. The number of H-pyrrole nitrogens is 1. The van der Waals surface area contributed by atoms with Crippen LogP contribution in [0.3, 0.4) is 0 Å². The van der Waals surface area contributed by atoms with E-state index >= 15 is 0 Å². The van der Waals surface area contributed by atoms with Crippen LogP contribution in [0, 0.1) is 10.7 Å². The molecule has 0 radical (unpaired) electrons. The van der Waals surface area contributed by atoms with Gasteiger partial charge < -0.3 is 10.1 Å². The number of aromatic nitrogens is 3. The lowest BCUT2D eigenvalue weighted by atomic mass is 9.88. The van der Waals surface area contributed by atoms with Crippen LogP contribution in [-0.2, 0) is 16.1 Å². The third kappa shape index (κ3) is 3.76. The van der Waals surface area contributed by atoms with Gasteiger partial charge in [-0.3, -0.25) is 14.5 Å². The van der Waals surface area contributed by atoms with E-state index in [1.807, 2.05) is 4.57 Å². The Kier molecular flexibility index (Phi) is 4.93. The molecule has 2 aliphatic carbocycles.